The van der Waals surface area contributed by atoms with Crippen LogP contribution in [0.15, 0.2) is 30.6 Å². The number of benzene rings is 1. The van der Waals surface area contributed by atoms with Crippen LogP contribution in [0.2, 0.25) is 5.02 Å². The van der Waals surface area contributed by atoms with Crippen LogP contribution < -0.4 is 5.73 Å². The van der Waals surface area contributed by atoms with Crippen molar-refractivity contribution in [3.63, 3.8) is 0 Å². The lowest BCUT2D eigenvalue weighted by Gasteiger charge is -2.15. The van der Waals surface area contributed by atoms with E-state index in [1.807, 2.05) is 32.0 Å². The number of anilines is 1. The maximum atomic E-state index is 6.40. The number of nitrogens with one attached hydrogen (secondary N) is 1. The maximum Gasteiger partial charge on any atom is 0.183 e. The van der Waals surface area contributed by atoms with E-state index in [4.69, 9.17) is 22.3 Å². The normalized spacial score (nSPS) is 12.7. The van der Waals surface area contributed by atoms with E-state index in [1.54, 1.807) is 6.33 Å². The number of pyridine rings is 1. The Morgan fingerprint density at radius 2 is 2.03 bits per heavy atom. The van der Waals surface area contributed by atoms with Crippen LogP contribution in [0.3, 0.4) is 0 Å². The number of fused-ring (bicyclic) bond motifs is 2. The molecule has 10 heteroatoms. The van der Waals surface area contributed by atoms with Crippen molar-refractivity contribution in [2.75, 3.05) is 5.73 Å². The number of H-pyrrole nitrogens is 1. The lowest BCUT2D eigenvalue weighted by atomic mass is 9.96. The maximum absolute atomic E-state index is 6.40. The number of aromatic nitrogens is 7. The van der Waals surface area contributed by atoms with Gasteiger partial charge < -0.3 is 10.7 Å². The van der Waals surface area contributed by atoms with E-state index in [2.05, 4.69) is 36.2 Å². The van der Waals surface area contributed by atoms with E-state index in [1.165, 1.54) is 11.3 Å². The molecule has 0 saturated heterocycles. The van der Waals surface area contributed by atoms with E-state index < -0.39 is 0 Å². The summed E-state index contributed by atoms with van der Waals surface area (Å²) in [4.78, 5) is 21.1. The minimum Gasteiger partial charge on any atom is -0.382 e. The summed E-state index contributed by atoms with van der Waals surface area (Å²) < 4.78 is 0. The van der Waals surface area contributed by atoms with Gasteiger partial charge in [0.1, 0.15) is 22.0 Å². The van der Waals surface area contributed by atoms with Gasteiger partial charge in [0.05, 0.1) is 16.9 Å². The second kappa shape index (κ2) is 6.71. The third-order valence-electron chi connectivity index (χ3n) is 4.74. The van der Waals surface area contributed by atoms with Crippen molar-refractivity contribution in [1.82, 2.24) is 35.1 Å². The zero-order valence-electron chi connectivity index (χ0n) is 15.5. The number of aromatic amines is 1. The van der Waals surface area contributed by atoms with Gasteiger partial charge >= 0.3 is 0 Å². The molecule has 29 heavy (non-hydrogen) atoms. The molecule has 3 N–H and O–H groups in total. The number of nitrogen functional groups attached to an aromatic ring is 1. The summed E-state index contributed by atoms with van der Waals surface area (Å²) in [6.07, 6.45) is 1.55. The van der Waals surface area contributed by atoms with Crippen molar-refractivity contribution >= 4 is 50.8 Å². The van der Waals surface area contributed by atoms with Crippen molar-refractivity contribution in [3.05, 3.63) is 52.0 Å². The van der Waals surface area contributed by atoms with Gasteiger partial charge in [-0.25, -0.2) is 19.9 Å². The van der Waals surface area contributed by atoms with Crippen LogP contribution >= 0.6 is 22.9 Å². The number of aryl methyl sites for hydroxylation is 1. The van der Waals surface area contributed by atoms with Crippen LogP contribution in [0.1, 0.15) is 29.2 Å². The van der Waals surface area contributed by atoms with Gasteiger partial charge in [0.2, 0.25) is 0 Å². The molecule has 0 radical (unpaired) electrons. The fourth-order valence-corrected chi connectivity index (χ4v) is 4.21. The first-order valence-corrected chi connectivity index (χ1v) is 10.1. The predicted molar refractivity (Wildman–Crippen MR) is 114 cm³/mol. The summed E-state index contributed by atoms with van der Waals surface area (Å²) in [6, 6.07) is 7.76. The second-order valence-electron chi connectivity index (χ2n) is 6.65. The largest absolute Gasteiger partial charge is 0.382 e. The van der Waals surface area contributed by atoms with Crippen molar-refractivity contribution in [2.24, 2.45) is 0 Å². The molecule has 5 rings (SSSR count). The number of rotatable bonds is 3. The molecule has 0 spiro atoms. The van der Waals surface area contributed by atoms with Crippen LogP contribution in [0.5, 0.6) is 0 Å². The SMILES string of the molecule is Cc1nnc(-c2nc3c(Cl)cccc3cc2[C@H](C)c2nc(N)c3[nH]cnc3n2)s1. The van der Waals surface area contributed by atoms with Crippen molar-refractivity contribution in [3.8, 4) is 10.7 Å². The van der Waals surface area contributed by atoms with Gasteiger partial charge in [-0.05, 0) is 24.6 Å². The minimum atomic E-state index is -0.200. The van der Waals surface area contributed by atoms with Gasteiger partial charge in [0.25, 0.3) is 0 Å². The first-order chi connectivity index (χ1) is 14.0. The predicted octanol–water partition coefficient (Wildman–Crippen LogP) is 4.12. The molecule has 0 bridgehead atoms. The van der Waals surface area contributed by atoms with Gasteiger partial charge in [-0.1, -0.05) is 42.0 Å². The molecule has 0 fully saturated rings. The molecule has 1 atom stereocenters. The van der Waals surface area contributed by atoms with E-state index in [9.17, 15) is 0 Å². The van der Waals surface area contributed by atoms with Crippen molar-refractivity contribution in [1.29, 1.82) is 0 Å². The van der Waals surface area contributed by atoms with Crippen LogP contribution in [-0.4, -0.2) is 35.1 Å². The van der Waals surface area contributed by atoms with Gasteiger partial charge in [-0.3, -0.25) is 0 Å². The molecular weight excluding hydrogens is 408 g/mol. The van der Waals surface area contributed by atoms with Gasteiger partial charge in [0, 0.05) is 11.3 Å². The third-order valence-corrected chi connectivity index (χ3v) is 5.89. The van der Waals surface area contributed by atoms with Crippen LogP contribution in [-0.2, 0) is 0 Å². The zero-order valence-corrected chi connectivity index (χ0v) is 17.1. The first-order valence-electron chi connectivity index (χ1n) is 8.87. The quantitative estimate of drug-likeness (QED) is 0.448. The Morgan fingerprint density at radius 3 is 2.83 bits per heavy atom. The number of para-hydroxylation sites is 1. The molecule has 0 saturated carbocycles. The average molecular weight is 423 g/mol. The Labute approximate surface area is 174 Å². The Balaban J connectivity index is 1.75. The van der Waals surface area contributed by atoms with E-state index >= 15 is 0 Å². The Morgan fingerprint density at radius 1 is 1.17 bits per heavy atom. The summed E-state index contributed by atoms with van der Waals surface area (Å²) in [5, 5.41) is 11.5. The topological polar surface area (TPSA) is 119 Å². The lowest BCUT2D eigenvalue weighted by molar-refractivity contribution is 0.825. The highest BCUT2D eigenvalue weighted by Crippen LogP contribution is 2.36. The van der Waals surface area contributed by atoms with Gasteiger partial charge in [-0.2, -0.15) is 0 Å². The fraction of sp³-hybridized carbons (Fsp3) is 0.158. The minimum absolute atomic E-state index is 0.200. The van der Waals surface area contributed by atoms with E-state index in [-0.39, 0.29) is 5.92 Å². The highest BCUT2D eigenvalue weighted by atomic mass is 35.5. The Hall–Kier alpha value is -3.17. The number of nitrogens with two attached hydrogens (primary N) is 1. The molecule has 144 valence electrons. The number of nitrogens with zero attached hydrogens (tertiary/aromatic N) is 6. The van der Waals surface area contributed by atoms with Crippen LogP contribution in [0.25, 0.3) is 32.8 Å². The Bertz CT molecular complexity index is 1380. The number of halogens is 1. The Kier molecular flexibility index (Phi) is 4.14. The average Bonchev–Trinajstić information content (AvgIpc) is 3.36. The number of hydrogen-bond donors (Lipinski definition) is 2. The highest BCUT2D eigenvalue weighted by molar-refractivity contribution is 7.14. The standard InChI is InChI=1S/C19H15ClN8S/c1-8(17-25-16(21)15-18(26-17)23-7-22-15)11-6-10-4-3-5-12(20)13(10)24-14(11)19-28-27-9(2)29-19/h3-8H,1-2H3,(H3,21,22,23,25,26)/t8-/m0/s1. The third kappa shape index (κ3) is 2.99. The van der Waals surface area contributed by atoms with E-state index in [0.29, 0.717) is 33.5 Å². The molecule has 0 unspecified atom stereocenters. The number of imidazole rings is 1. The fourth-order valence-electron chi connectivity index (χ4n) is 3.28. The molecule has 0 aliphatic rings. The molecule has 1 aromatic carbocycles. The van der Waals surface area contributed by atoms with Gasteiger partial charge in [-0.15, -0.1) is 10.2 Å². The monoisotopic (exact) mass is 422 g/mol. The van der Waals surface area contributed by atoms with E-state index in [0.717, 1.165) is 26.5 Å². The summed E-state index contributed by atoms with van der Waals surface area (Å²) in [5.74, 6) is 0.723. The molecule has 0 aliphatic heterocycles. The molecule has 5 aromatic rings. The summed E-state index contributed by atoms with van der Waals surface area (Å²) in [6.45, 7) is 3.92. The molecule has 4 aromatic heterocycles. The smallest absolute Gasteiger partial charge is 0.183 e. The molecule has 0 aliphatic carbocycles. The summed E-state index contributed by atoms with van der Waals surface area (Å²) in [7, 11) is 0. The molecule has 0 amide bonds. The first kappa shape index (κ1) is 17.9. The van der Waals surface area contributed by atoms with Crippen molar-refractivity contribution < 1.29 is 0 Å². The second-order valence-corrected chi connectivity index (χ2v) is 8.24. The molecule has 8 nitrogen and oxygen atoms in total. The van der Waals surface area contributed by atoms with Gasteiger partial charge in [0.15, 0.2) is 16.5 Å². The zero-order chi connectivity index (χ0) is 20.1. The number of hydrogen-bond acceptors (Lipinski definition) is 8. The lowest BCUT2D eigenvalue weighted by Crippen LogP contribution is -2.08. The summed E-state index contributed by atoms with van der Waals surface area (Å²) in [5.41, 5.74) is 9.62. The van der Waals surface area contributed by atoms with Crippen molar-refractivity contribution in [2.45, 2.75) is 19.8 Å². The molecule has 4 heterocycles. The molecular formula is C19H15ClN8S. The highest BCUT2D eigenvalue weighted by Gasteiger charge is 2.23. The van der Waals surface area contributed by atoms with Crippen LogP contribution in [0, 0.1) is 6.92 Å². The summed E-state index contributed by atoms with van der Waals surface area (Å²) >= 11 is 7.87. The van der Waals surface area contributed by atoms with Crippen LogP contribution in [0.4, 0.5) is 5.82 Å².